The van der Waals surface area contributed by atoms with Crippen LogP contribution >= 0.6 is 0 Å². The Morgan fingerprint density at radius 1 is 1.11 bits per heavy atom. The minimum absolute atomic E-state index is 0.145. The molecule has 0 saturated heterocycles. The van der Waals surface area contributed by atoms with E-state index in [0.717, 1.165) is 23.2 Å². The lowest BCUT2D eigenvalue weighted by Gasteiger charge is -2.19. The van der Waals surface area contributed by atoms with Crippen LogP contribution in [0.1, 0.15) is 36.0 Å². The zero-order valence-electron chi connectivity index (χ0n) is 10.9. The third-order valence-corrected chi connectivity index (χ3v) is 3.34. The first-order valence-corrected chi connectivity index (χ1v) is 6.27. The molecule has 0 bridgehead atoms. The van der Waals surface area contributed by atoms with E-state index in [9.17, 15) is 5.11 Å². The molecule has 1 unspecified atom stereocenters. The van der Waals surface area contributed by atoms with Crippen molar-refractivity contribution >= 4 is 5.69 Å². The first-order valence-electron chi connectivity index (χ1n) is 6.27. The van der Waals surface area contributed by atoms with Crippen LogP contribution in [0.25, 0.3) is 0 Å². The molecule has 2 rings (SSSR count). The average molecular weight is 241 g/mol. The molecule has 0 aliphatic rings. The van der Waals surface area contributed by atoms with Crippen LogP contribution in [0.2, 0.25) is 0 Å². The molecule has 2 aromatic carbocycles. The lowest BCUT2D eigenvalue weighted by atomic mass is 9.87. The second-order valence-electron chi connectivity index (χ2n) is 4.65. The Kier molecular flexibility index (Phi) is 3.56. The molecule has 0 saturated carbocycles. The maximum atomic E-state index is 9.99. The van der Waals surface area contributed by atoms with Crippen molar-refractivity contribution in [3.8, 4) is 5.75 Å². The van der Waals surface area contributed by atoms with Gasteiger partial charge in [0.2, 0.25) is 0 Å². The fourth-order valence-electron chi connectivity index (χ4n) is 2.39. The van der Waals surface area contributed by atoms with Crippen LogP contribution < -0.4 is 5.73 Å². The quantitative estimate of drug-likeness (QED) is 0.802. The lowest BCUT2D eigenvalue weighted by molar-refractivity contribution is 0.464. The zero-order chi connectivity index (χ0) is 13.1. The van der Waals surface area contributed by atoms with Gasteiger partial charge in [-0.15, -0.1) is 0 Å². The maximum absolute atomic E-state index is 9.99. The Morgan fingerprint density at radius 2 is 1.83 bits per heavy atom. The van der Waals surface area contributed by atoms with Crippen molar-refractivity contribution in [1.82, 2.24) is 0 Å². The highest BCUT2D eigenvalue weighted by molar-refractivity contribution is 5.54. The number of benzene rings is 2. The van der Waals surface area contributed by atoms with E-state index in [0.29, 0.717) is 5.75 Å². The van der Waals surface area contributed by atoms with E-state index in [1.807, 2.05) is 30.3 Å². The molecule has 0 aliphatic heterocycles. The molecule has 94 valence electrons. The van der Waals surface area contributed by atoms with Gasteiger partial charge in [-0.1, -0.05) is 42.8 Å². The SMILES string of the molecule is CCC(c1cc(C)ccc1N)c1ccccc1O. The van der Waals surface area contributed by atoms with Gasteiger partial charge in [-0.3, -0.25) is 0 Å². The van der Waals surface area contributed by atoms with Gasteiger partial charge in [0.05, 0.1) is 0 Å². The Hall–Kier alpha value is -1.96. The van der Waals surface area contributed by atoms with Crippen LogP contribution in [0.4, 0.5) is 5.69 Å². The highest BCUT2D eigenvalue weighted by Gasteiger charge is 2.17. The first kappa shape index (κ1) is 12.5. The zero-order valence-corrected chi connectivity index (χ0v) is 10.9. The average Bonchev–Trinajstić information content (AvgIpc) is 2.36. The van der Waals surface area contributed by atoms with Crippen LogP contribution in [0, 0.1) is 6.92 Å². The Morgan fingerprint density at radius 3 is 2.50 bits per heavy atom. The standard InChI is InChI=1S/C16H19NO/c1-3-12(13-6-4-5-7-16(13)18)14-10-11(2)8-9-15(14)17/h4-10,12,18H,3,17H2,1-2H3. The molecule has 18 heavy (non-hydrogen) atoms. The molecule has 0 heterocycles. The van der Waals surface area contributed by atoms with Gasteiger partial charge >= 0.3 is 0 Å². The highest BCUT2D eigenvalue weighted by atomic mass is 16.3. The highest BCUT2D eigenvalue weighted by Crippen LogP contribution is 2.36. The molecule has 0 spiro atoms. The van der Waals surface area contributed by atoms with Gasteiger partial charge in [0, 0.05) is 17.2 Å². The summed E-state index contributed by atoms with van der Waals surface area (Å²) in [6.07, 6.45) is 0.908. The van der Waals surface area contributed by atoms with E-state index < -0.39 is 0 Å². The van der Waals surface area contributed by atoms with Crippen molar-refractivity contribution in [2.45, 2.75) is 26.2 Å². The number of aryl methyl sites for hydroxylation is 1. The molecule has 0 fully saturated rings. The number of phenolic OH excluding ortho intramolecular Hbond substituents is 1. The molecule has 2 aromatic rings. The van der Waals surface area contributed by atoms with Crippen molar-refractivity contribution in [3.05, 3.63) is 59.2 Å². The number of para-hydroxylation sites is 1. The predicted molar refractivity (Wildman–Crippen MR) is 75.8 cm³/mol. The van der Waals surface area contributed by atoms with Crippen molar-refractivity contribution < 1.29 is 5.11 Å². The summed E-state index contributed by atoms with van der Waals surface area (Å²) in [6, 6.07) is 13.5. The van der Waals surface area contributed by atoms with Crippen LogP contribution in [0.15, 0.2) is 42.5 Å². The summed E-state index contributed by atoms with van der Waals surface area (Å²) in [5, 5.41) is 9.99. The van der Waals surface area contributed by atoms with Crippen molar-refractivity contribution in [3.63, 3.8) is 0 Å². The minimum atomic E-state index is 0.145. The number of rotatable bonds is 3. The maximum Gasteiger partial charge on any atom is 0.119 e. The molecular formula is C16H19NO. The van der Waals surface area contributed by atoms with E-state index in [4.69, 9.17) is 5.73 Å². The van der Waals surface area contributed by atoms with Crippen molar-refractivity contribution in [2.24, 2.45) is 0 Å². The van der Waals surface area contributed by atoms with Crippen LogP contribution in [0.3, 0.4) is 0 Å². The molecule has 0 aliphatic carbocycles. The summed E-state index contributed by atoms with van der Waals surface area (Å²) in [6.45, 7) is 4.17. The van der Waals surface area contributed by atoms with E-state index in [1.54, 1.807) is 6.07 Å². The molecule has 2 nitrogen and oxygen atoms in total. The van der Waals surface area contributed by atoms with Crippen LogP contribution in [0.5, 0.6) is 5.75 Å². The fourth-order valence-corrected chi connectivity index (χ4v) is 2.39. The van der Waals surface area contributed by atoms with E-state index >= 15 is 0 Å². The topological polar surface area (TPSA) is 46.2 Å². The summed E-state index contributed by atoms with van der Waals surface area (Å²) in [5.41, 5.74) is 10.1. The van der Waals surface area contributed by atoms with E-state index in [-0.39, 0.29) is 5.92 Å². The molecular weight excluding hydrogens is 222 g/mol. The Balaban J connectivity index is 2.52. The lowest BCUT2D eigenvalue weighted by Crippen LogP contribution is -2.04. The Bertz CT molecular complexity index is 549. The van der Waals surface area contributed by atoms with Crippen molar-refractivity contribution in [2.75, 3.05) is 5.73 Å². The van der Waals surface area contributed by atoms with Gasteiger partial charge in [0.15, 0.2) is 0 Å². The molecule has 0 aromatic heterocycles. The second-order valence-corrected chi connectivity index (χ2v) is 4.65. The summed E-state index contributed by atoms with van der Waals surface area (Å²) in [7, 11) is 0. The molecule has 1 atom stereocenters. The fraction of sp³-hybridized carbons (Fsp3) is 0.250. The van der Waals surface area contributed by atoms with Gasteiger partial charge in [-0.2, -0.15) is 0 Å². The number of phenols is 1. The number of aromatic hydroxyl groups is 1. The number of anilines is 1. The normalized spacial score (nSPS) is 12.3. The van der Waals surface area contributed by atoms with Gasteiger partial charge in [0.25, 0.3) is 0 Å². The third-order valence-electron chi connectivity index (χ3n) is 3.34. The monoisotopic (exact) mass is 241 g/mol. The molecule has 2 heteroatoms. The number of hydrogen-bond acceptors (Lipinski definition) is 2. The van der Waals surface area contributed by atoms with Gasteiger partial charge in [-0.25, -0.2) is 0 Å². The number of nitrogens with two attached hydrogens (primary N) is 1. The second kappa shape index (κ2) is 5.13. The first-order chi connectivity index (χ1) is 8.63. The van der Waals surface area contributed by atoms with Gasteiger partial charge in [0.1, 0.15) is 5.75 Å². The smallest absolute Gasteiger partial charge is 0.119 e. The van der Waals surface area contributed by atoms with Crippen LogP contribution in [-0.4, -0.2) is 5.11 Å². The molecule has 3 N–H and O–H groups in total. The third kappa shape index (κ3) is 2.33. The van der Waals surface area contributed by atoms with Crippen molar-refractivity contribution in [1.29, 1.82) is 0 Å². The van der Waals surface area contributed by atoms with E-state index in [1.165, 1.54) is 5.56 Å². The largest absolute Gasteiger partial charge is 0.508 e. The summed E-state index contributed by atoms with van der Waals surface area (Å²) in [5.74, 6) is 0.483. The molecule has 0 radical (unpaired) electrons. The number of nitrogen functional groups attached to an aromatic ring is 1. The van der Waals surface area contributed by atoms with Gasteiger partial charge in [-0.05, 0) is 31.0 Å². The summed E-state index contributed by atoms with van der Waals surface area (Å²) >= 11 is 0. The van der Waals surface area contributed by atoms with E-state index in [2.05, 4.69) is 19.9 Å². The minimum Gasteiger partial charge on any atom is -0.508 e. The molecule has 0 amide bonds. The van der Waals surface area contributed by atoms with Crippen LogP contribution in [-0.2, 0) is 0 Å². The number of hydrogen-bond donors (Lipinski definition) is 2. The Labute approximate surface area is 108 Å². The van der Waals surface area contributed by atoms with Gasteiger partial charge < -0.3 is 10.8 Å². The predicted octanol–water partition coefficient (Wildman–Crippen LogP) is 3.82. The summed E-state index contributed by atoms with van der Waals surface area (Å²) < 4.78 is 0. The summed E-state index contributed by atoms with van der Waals surface area (Å²) in [4.78, 5) is 0.